The maximum atomic E-state index is 11.9. The van der Waals surface area contributed by atoms with E-state index in [0.29, 0.717) is 12.2 Å². The standard InChI is InChI=1S/C18H20O4/c1-2-22-18(21)15-10-6-9-14(11-15)17(16(20)12-19)13-7-4-3-5-8-13/h3-11,16-17,19-20H,2,12H2,1H3/t16-,17-/m1/s1. The van der Waals surface area contributed by atoms with Gasteiger partial charge in [0.25, 0.3) is 0 Å². The van der Waals surface area contributed by atoms with Gasteiger partial charge in [-0.05, 0) is 30.2 Å². The maximum absolute atomic E-state index is 11.9. The van der Waals surface area contributed by atoms with E-state index in [1.807, 2.05) is 36.4 Å². The number of aliphatic hydroxyl groups excluding tert-OH is 2. The van der Waals surface area contributed by atoms with Crippen LogP contribution in [-0.4, -0.2) is 35.5 Å². The minimum absolute atomic E-state index is 0.310. The average molecular weight is 300 g/mol. The predicted molar refractivity (Wildman–Crippen MR) is 83.8 cm³/mol. The first kappa shape index (κ1) is 16.2. The second kappa shape index (κ2) is 7.73. The van der Waals surface area contributed by atoms with E-state index >= 15 is 0 Å². The summed E-state index contributed by atoms with van der Waals surface area (Å²) in [5.41, 5.74) is 2.08. The zero-order valence-corrected chi connectivity index (χ0v) is 12.5. The zero-order chi connectivity index (χ0) is 15.9. The molecule has 2 aromatic rings. The highest BCUT2D eigenvalue weighted by Gasteiger charge is 2.23. The van der Waals surface area contributed by atoms with Crippen molar-refractivity contribution in [2.45, 2.75) is 18.9 Å². The van der Waals surface area contributed by atoms with Crippen molar-refractivity contribution >= 4 is 5.97 Å². The molecule has 0 amide bonds. The number of aliphatic hydroxyl groups is 2. The molecule has 0 aromatic heterocycles. The lowest BCUT2D eigenvalue weighted by atomic mass is 9.86. The number of hydrogen-bond acceptors (Lipinski definition) is 4. The second-order valence-corrected chi connectivity index (χ2v) is 4.98. The third-order valence-electron chi connectivity index (χ3n) is 3.49. The average Bonchev–Trinajstić information content (AvgIpc) is 2.56. The molecule has 0 radical (unpaired) electrons. The highest BCUT2D eigenvalue weighted by molar-refractivity contribution is 5.89. The van der Waals surface area contributed by atoms with Crippen LogP contribution >= 0.6 is 0 Å². The first-order valence-corrected chi connectivity index (χ1v) is 7.28. The van der Waals surface area contributed by atoms with E-state index < -0.39 is 18.0 Å². The van der Waals surface area contributed by atoms with Crippen molar-refractivity contribution < 1.29 is 19.7 Å². The molecule has 2 N–H and O–H groups in total. The third-order valence-corrected chi connectivity index (χ3v) is 3.49. The molecule has 4 nitrogen and oxygen atoms in total. The minimum atomic E-state index is -0.945. The van der Waals surface area contributed by atoms with Gasteiger partial charge in [-0.1, -0.05) is 42.5 Å². The molecular weight excluding hydrogens is 280 g/mol. The monoisotopic (exact) mass is 300 g/mol. The lowest BCUT2D eigenvalue weighted by Crippen LogP contribution is -2.23. The van der Waals surface area contributed by atoms with E-state index in [9.17, 15) is 15.0 Å². The molecule has 0 aliphatic carbocycles. The van der Waals surface area contributed by atoms with Crippen molar-refractivity contribution in [3.63, 3.8) is 0 Å². The molecule has 0 fully saturated rings. The Labute approximate surface area is 130 Å². The molecule has 2 aromatic carbocycles. The van der Waals surface area contributed by atoms with E-state index in [2.05, 4.69) is 0 Å². The zero-order valence-electron chi connectivity index (χ0n) is 12.5. The van der Waals surface area contributed by atoms with Gasteiger partial charge in [0, 0.05) is 5.92 Å². The van der Waals surface area contributed by atoms with E-state index in [-0.39, 0.29) is 6.61 Å². The summed E-state index contributed by atoms with van der Waals surface area (Å²) in [5.74, 6) is -0.796. The number of carbonyl (C=O) groups excluding carboxylic acids is 1. The fraction of sp³-hybridized carbons (Fsp3) is 0.278. The smallest absolute Gasteiger partial charge is 0.338 e. The van der Waals surface area contributed by atoms with Gasteiger partial charge < -0.3 is 14.9 Å². The van der Waals surface area contributed by atoms with Crippen LogP contribution in [-0.2, 0) is 4.74 Å². The van der Waals surface area contributed by atoms with E-state index in [1.165, 1.54) is 0 Å². The Morgan fingerprint density at radius 1 is 1.09 bits per heavy atom. The Kier molecular flexibility index (Phi) is 5.69. The molecular formula is C18H20O4. The van der Waals surface area contributed by atoms with Gasteiger partial charge in [-0.3, -0.25) is 0 Å². The number of hydrogen-bond donors (Lipinski definition) is 2. The molecule has 22 heavy (non-hydrogen) atoms. The second-order valence-electron chi connectivity index (χ2n) is 4.98. The van der Waals surface area contributed by atoms with Crippen LogP contribution in [0.2, 0.25) is 0 Å². The Balaban J connectivity index is 2.40. The summed E-state index contributed by atoms with van der Waals surface area (Å²) in [7, 11) is 0. The summed E-state index contributed by atoms with van der Waals surface area (Å²) in [6.07, 6.45) is -0.945. The van der Waals surface area contributed by atoms with Crippen molar-refractivity contribution in [1.29, 1.82) is 0 Å². The molecule has 2 atom stereocenters. The summed E-state index contributed by atoms with van der Waals surface area (Å²) in [6, 6.07) is 16.4. The number of benzene rings is 2. The van der Waals surface area contributed by atoms with Crippen LogP contribution in [0.4, 0.5) is 0 Å². The summed E-state index contributed by atoms with van der Waals surface area (Å²) >= 11 is 0. The SMILES string of the molecule is CCOC(=O)c1cccc([C@@H](c2ccccc2)[C@H](O)CO)c1. The van der Waals surface area contributed by atoms with Crippen molar-refractivity contribution in [2.24, 2.45) is 0 Å². The first-order chi connectivity index (χ1) is 10.7. The number of esters is 1. The highest BCUT2D eigenvalue weighted by atomic mass is 16.5. The number of ether oxygens (including phenoxy) is 1. The van der Waals surface area contributed by atoms with Gasteiger partial charge in [-0.25, -0.2) is 4.79 Å². The molecule has 0 saturated carbocycles. The van der Waals surface area contributed by atoms with Gasteiger partial charge in [0.15, 0.2) is 0 Å². The van der Waals surface area contributed by atoms with E-state index in [0.717, 1.165) is 11.1 Å². The highest BCUT2D eigenvalue weighted by Crippen LogP contribution is 2.28. The summed E-state index contributed by atoms with van der Waals surface area (Å²) < 4.78 is 5.00. The summed E-state index contributed by atoms with van der Waals surface area (Å²) in [5, 5.41) is 19.5. The number of carbonyl (C=O) groups is 1. The Bertz CT molecular complexity index is 609. The van der Waals surface area contributed by atoms with Crippen molar-refractivity contribution in [3.8, 4) is 0 Å². The van der Waals surface area contributed by atoms with Crippen LogP contribution in [0.15, 0.2) is 54.6 Å². The molecule has 0 aliphatic rings. The molecule has 2 rings (SSSR count). The molecule has 4 heteroatoms. The third kappa shape index (κ3) is 3.72. The molecule has 0 saturated heterocycles. The molecule has 0 spiro atoms. The van der Waals surface area contributed by atoms with Crippen LogP contribution < -0.4 is 0 Å². The lowest BCUT2D eigenvalue weighted by Gasteiger charge is -2.23. The van der Waals surface area contributed by atoms with E-state index in [4.69, 9.17) is 4.74 Å². The Morgan fingerprint density at radius 3 is 2.41 bits per heavy atom. The van der Waals surface area contributed by atoms with E-state index in [1.54, 1.807) is 25.1 Å². The fourth-order valence-electron chi connectivity index (χ4n) is 2.48. The van der Waals surface area contributed by atoms with Crippen LogP contribution in [0, 0.1) is 0 Å². The fourth-order valence-corrected chi connectivity index (χ4v) is 2.48. The van der Waals surface area contributed by atoms with Gasteiger partial charge in [-0.15, -0.1) is 0 Å². The molecule has 0 aliphatic heterocycles. The minimum Gasteiger partial charge on any atom is -0.462 e. The van der Waals surface area contributed by atoms with Crippen molar-refractivity contribution in [3.05, 3.63) is 71.3 Å². The Morgan fingerprint density at radius 2 is 1.77 bits per heavy atom. The quantitative estimate of drug-likeness (QED) is 0.804. The molecule has 116 valence electrons. The lowest BCUT2D eigenvalue weighted by molar-refractivity contribution is 0.0525. The van der Waals surface area contributed by atoms with Gasteiger partial charge >= 0.3 is 5.97 Å². The summed E-state index contributed by atoms with van der Waals surface area (Å²) in [4.78, 5) is 11.9. The van der Waals surface area contributed by atoms with Crippen LogP contribution in [0.3, 0.4) is 0 Å². The normalized spacial score (nSPS) is 13.4. The number of rotatable bonds is 6. The summed E-state index contributed by atoms with van der Waals surface area (Å²) in [6.45, 7) is 1.71. The van der Waals surface area contributed by atoms with Gasteiger partial charge in [0.2, 0.25) is 0 Å². The van der Waals surface area contributed by atoms with Crippen molar-refractivity contribution in [1.82, 2.24) is 0 Å². The van der Waals surface area contributed by atoms with Crippen LogP contribution in [0.5, 0.6) is 0 Å². The molecule has 0 unspecified atom stereocenters. The van der Waals surface area contributed by atoms with Crippen molar-refractivity contribution in [2.75, 3.05) is 13.2 Å². The van der Waals surface area contributed by atoms with Gasteiger partial charge in [0.1, 0.15) is 0 Å². The van der Waals surface area contributed by atoms with Gasteiger partial charge in [-0.2, -0.15) is 0 Å². The first-order valence-electron chi connectivity index (χ1n) is 7.28. The topological polar surface area (TPSA) is 66.8 Å². The molecule has 0 heterocycles. The predicted octanol–water partition coefficient (Wildman–Crippen LogP) is 2.35. The van der Waals surface area contributed by atoms with Gasteiger partial charge in [0.05, 0.1) is 24.9 Å². The Hall–Kier alpha value is -2.17. The largest absolute Gasteiger partial charge is 0.462 e. The maximum Gasteiger partial charge on any atom is 0.338 e. The van der Waals surface area contributed by atoms with Crippen LogP contribution in [0.25, 0.3) is 0 Å². The van der Waals surface area contributed by atoms with Crippen LogP contribution in [0.1, 0.15) is 34.3 Å². The molecule has 0 bridgehead atoms.